The van der Waals surface area contributed by atoms with Crippen LogP contribution in [0.1, 0.15) is 29.2 Å². The van der Waals surface area contributed by atoms with E-state index in [4.69, 9.17) is 27.4 Å². The highest BCUT2D eigenvalue weighted by Gasteiger charge is 2.44. The van der Waals surface area contributed by atoms with Gasteiger partial charge < -0.3 is 28.7 Å². The van der Waals surface area contributed by atoms with Crippen molar-refractivity contribution in [2.75, 3.05) is 20.8 Å². The van der Waals surface area contributed by atoms with Crippen LogP contribution in [0.15, 0.2) is 76.5 Å². The minimum atomic E-state index is -5.76. The fourth-order valence-corrected chi connectivity index (χ4v) is 8.45. The number of benzene rings is 2. The first-order chi connectivity index (χ1) is 24.5. The van der Waals surface area contributed by atoms with Crippen LogP contribution in [-0.4, -0.2) is 52.5 Å². The molecule has 1 aliphatic rings. The van der Waals surface area contributed by atoms with Crippen LogP contribution in [-0.2, 0) is 58.6 Å². The molecule has 0 spiro atoms. The molecule has 52 heavy (non-hydrogen) atoms. The van der Waals surface area contributed by atoms with E-state index < -0.39 is 78.8 Å². The monoisotopic (exact) mass is 790 g/mol. The molecule has 3 N–H and O–H groups in total. The van der Waals surface area contributed by atoms with Crippen LogP contribution < -0.4 is 20.7 Å². The number of phosphoric acid groups is 3. The number of hydrogen-bond acceptors (Lipinski definition) is 16. The molecular weight excluding hydrogens is 757 g/mol. The first-order valence-electron chi connectivity index (χ1n) is 14.8. The largest absolute Gasteiger partial charge is 0.513 e. The molecule has 4 rings (SSSR count). The second-order valence-corrected chi connectivity index (χ2v) is 15.6. The van der Waals surface area contributed by atoms with Crippen molar-refractivity contribution < 1.29 is 74.2 Å². The summed E-state index contributed by atoms with van der Waals surface area (Å²) in [7, 11) is -14.1. The number of ether oxygens (including phenoxy) is 4. The third-order valence-corrected chi connectivity index (χ3v) is 11.5. The smallest absolute Gasteiger partial charge is 0.437 e. The Hall–Kier alpha value is -4.19. The van der Waals surface area contributed by atoms with Crippen molar-refractivity contribution >= 4 is 35.8 Å². The average molecular weight is 791 g/mol. The Morgan fingerprint density at radius 3 is 1.81 bits per heavy atom. The minimum absolute atomic E-state index is 0.0851. The van der Waals surface area contributed by atoms with Crippen molar-refractivity contribution in [2.24, 2.45) is 5.92 Å². The number of aromatic amines is 1. The molecule has 0 radical (unpaired) electrons. The van der Waals surface area contributed by atoms with Crippen LogP contribution in [0.2, 0.25) is 0 Å². The Bertz CT molecular complexity index is 1960. The molecule has 1 aromatic heterocycles. The van der Waals surface area contributed by atoms with E-state index >= 15 is 0 Å². The van der Waals surface area contributed by atoms with Gasteiger partial charge in [0.25, 0.3) is 5.56 Å². The Morgan fingerprint density at radius 1 is 0.788 bits per heavy atom. The van der Waals surface area contributed by atoms with Gasteiger partial charge in [-0.25, -0.2) is 28.1 Å². The summed E-state index contributed by atoms with van der Waals surface area (Å²) in [4.78, 5) is 69.4. The van der Waals surface area contributed by atoms with E-state index in [0.29, 0.717) is 0 Å². The number of phosphoric ester groups is 2. The summed E-state index contributed by atoms with van der Waals surface area (Å²) in [6.07, 6.45) is 2.79. The molecule has 2 unspecified atom stereocenters. The van der Waals surface area contributed by atoms with Crippen molar-refractivity contribution in [2.45, 2.75) is 32.6 Å². The maximum atomic E-state index is 13.7. The maximum Gasteiger partial charge on any atom is 0.513 e. The van der Waals surface area contributed by atoms with Gasteiger partial charge in [-0.3, -0.25) is 27.9 Å². The lowest BCUT2D eigenvalue weighted by Crippen LogP contribution is -2.32. The number of hydrogen-bond donors (Lipinski definition) is 3. The predicted molar refractivity (Wildman–Crippen MR) is 176 cm³/mol. The quantitative estimate of drug-likeness (QED) is 0.0742. The first-order valence-corrected chi connectivity index (χ1v) is 19.3. The van der Waals surface area contributed by atoms with Gasteiger partial charge in [0, 0.05) is 17.7 Å². The highest BCUT2D eigenvalue weighted by molar-refractivity contribution is 7.67. The molecule has 0 amide bonds. The molecule has 0 aliphatic heterocycles. The van der Waals surface area contributed by atoms with E-state index in [1.165, 1.54) is 66.2 Å². The highest BCUT2D eigenvalue weighted by Crippen LogP contribution is 2.69. The molecule has 2 aromatic carbocycles. The summed E-state index contributed by atoms with van der Waals surface area (Å²) in [6.45, 7) is -0.168. The van der Waals surface area contributed by atoms with Gasteiger partial charge in [0.05, 0.1) is 40.1 Å². The van der Waals surface area contributed by atoms with Crippen LogP contribution in [0, 0.1) is 12.8 Å². The number of aromatic nitrogens is 2. The first kappa shape index (κ1) is 40.6. The Balaban J connectivity index is 1.41. The van der Waals surface area contributed by atoms with E-state index in [2.05, 4.69) is 18.8 Å². The van der Waals surface area contributed by atoms with Crippen LogP contribution in [0.5, 0.6) is 11.5 Å². The maximum absolute atomic E-state index is 13.7. The second kappa shape index (κ2) is 17.6. The lowest BCUT2D eigenvalue weighted by Gasteiger charge is -2.22. The van der Waals surface area contributed by atoms with E-state index in [1.807, 2.05) is 0 Å². The van der Waals surface area contributed by atoms with Gasteiger partial charge in [-0.05, 0) is 48.7 Å². The number of H-pyrrole nitrogens is 1. The Morgan fingerprint density at radius 2 is 1.31 bits per heavy atom. The SMILES string of the molecule is COC(=O)Oc1ccc(COP(=O)(OCc2ccc(OC(=O)OC)cc2)OP(=O)(O)OP(=O)(O)OC[C@@H]2C=C[C@H](n3cc(C)c(=O)[nH]c3=O)C2)cc1. The number of nitrogens with one attached hydrogen (secondary N) is 1. The molecule has 0 saturated carbocycles. The summed E-state index contributed by atoms with van der Waals surface area (Å²) in [5.74, 6) is -0.400. The van der Waals surface area contributed by atoms with Crippen molar-refractivity contribution in [1.29, 1.82) is 0 Å². The minimum Gasteiger partial charge on any atom is -0.437 e. The van der Waals surface area contributed by atoms with Gasteiger partial charge in [-0.2, -0.15) is 8.62 Å². The van der Waals surface area contributed by atoms with Crippen LogP contribution >= 0.6 is 23.5 Å². The Kier molecular flexibility index (Phi) is 13.7. The second-order valence-electron chi connectivity index (χ2n) is 10.7. The fourth-order valence-electron chi connectivity index (χ4n) is 4.38. The molecule has 4 atom stereocenters. The van der Waals surface area contributed by atoms with E-state index in [1.54, 1.807) is 12.2 Å². The summed E-state index contributed by atoms with van der Waals surface area (Å²) in [6, 6.07) is 10.3. The van der Waals surface area contributed by atoms with Crippen LogP contribution in [0.3, 0.4) is 0 Å². The third kappa shape index (κ3) is 12.2. The summed E-state index contributed by atoms with van der Waals surface area (Å²) >= 11 is 0. The van der Waals surface area contributed by atoms with Crippen LogP contribution in [0.25, 0.3) is 0 Å². The number of methoxy groups -OCH3 is 2. The normalized spacial score (nSPS) is 17.9. The predicted octanol–water partition coefficient (Wildman–Crippen LogP) is 5.04. The van der Waals surface area contributed by atoms with Crippen molar-refractivity contribution in [3.8, 4) is 11.5 Å². The molecule has 0 fully saturated rings. The molecular formula is C29H33N2O18P3. The standard InChI is InChI=1S/C29H33N2O18P3/c1-19-15-31(27(33)30-26(19)32)23-9-4-22(14-23)18-43-50(36,37)48-51(38,39)49-52(40,44-16-20-5-10-24(11-6-20)46-28(34)41-2)45-17-21-7-12-25(13-8-21)47-29(35)42-3/h4-13,15,22-23H,14,16-18H2,1-3H3,(H,36,37)(H,38,39)(H,30,32,33)/t22-,23+/m1/s1. The summed E-state index contributed by atoms with van der Waals surface area (Å²) in [5, 5.41) is 0. The van der Waals surface area contributed by atoms with Crippen molar-refractivity contribution in [1.82, 2.24) is 9.55 Å². The average Bonchev–Trinajstić information content (AvgIpc) is 3.56. The van der Waals surface area contributed by atoms with E-state index in [0.717, 1.165) is 14.2 Å². The molecule has 1 aliphatic carbocycles. The lowest BCUT2D eigenvalue weighted by molar-refractivity contribution is 0.120. The lowest BCUT2D eigenvalue weighted by atomic mass is 10.1. The number of aryl methyl sites for hydroxylation is 1. The van der Waals surface area contributed by atoms with Gasteiger partial charge in [0.2, 0.25) is 0 Å². The fraction of sp³-hybridized carbons (Fsp3) is 0.310. The zero-order valence-electron chi connectivity index (χ0n) is 27.5. The molecule has 282 valence electrons. The number of rotatable bonds is 16. The van der Waals surface area contributed by atoms with Gasteiger partial charge in [0.15, 0.2) is 0 Å². The number of allylic oxidation sites excluding steroid dienone is 1. The highest BCUT2D eigenvalue weighted by atomic mass is 31.3. The van der Waals surface area contributed by atoms with Crippen molar-refractivity contribution in [3.63, 3.8) is 0 Å². The summed E-state index contributed by atoms with van der Waals surface area (Å²) < 4.78 is 83.6. The summed E-state index contributed by atoms with van der Waals surface area (Å²) in [5.41, 5.74) is -0.359. The zero-order chi connectivity index (χ0) is 38.1. The number of carbonyl (C=O) groups is 2. The molecule has 23 heteroatoms. The van der Waals surface area contributed by atoms with E-state index in [9.17, 15) is 42.7 Å². The van der Waals surface area contributed by atoms with Gasteiger partial charge in [0.1, 0.15) is 11.5 Å². The molecule has 20 nitrogen and oxygen atoms in total. The van der Waals surface area contributed by atoms with Gasteiger partial charge >= 0.3 is 41.5 Å². The van der Waals surface area contributed by atoms with Crippen molar-refractivity contribution in [3.05, 3.63) is 104 Å². The molecule has 3 aromatic rings. The number of carbonyl (C=O) groups excluding carboxylic acids is 2. The number of nitrogens with zero attached hydrogens (tertiary/aromatic N) is 1. The molecule has 1 heterocycles. The van der Waals surface area contributed by atoms with Gasteiger partial charge in [-0.15, -0.1) is 0 Å². The molecule has 0 saturated heterocycles. The molecule has 0 bridgehead atoms. The third-order valence-electron chi connectivity index (χ3n) is 6.88. The topological polar surface area (TPSA) is 264 Å². The zero-order valence-corrected chi connectivity index (χ0v) is 30.2. The Labute approximate surface area is 294 Å². The van der Waals surface area contributed by atoms with Gasteiger partial charge in [-0.1, -0.05) is 36.4 Å². The van der Waals surface area contributed by atoms with E-state index in [-0.39, 0.29) is 34.6 Å². The van der Waals surface area contributed by atoms with Crippen LogP contribution in [0.4, 0.5) is 9.59 Å².